The Morgan fingerprint density at radius 1 is 1.62 bits per heavy atom. The zero-order valence-electron chi connectivity index (χ0n) is 3.46. The lowest BCUT2D eigenvalue weighted by atomic mass is 11.2. The van der Waals surface area contributed by atoms with Crippen LogP contribution in [0.5, 0.6) is 0 Å². The molecule has 0 aromatic rings. The van der Waals surface area contributed by atoms with Crippen molar-refractivity contribution in [2.45, 2.75) is 0 Å². The summed E-state index contributed by atoms with van der Waals surface area (Å²) in [6.07, 6.45) is 0. The van der Waals surface area contributed by atoms with E-state index in [1.807, 2.05) is 0 Å². The Labute approximate surface area is 44.2 Å². The highest BCUT2D eigenvalue weighted by atomic mass is 32.2. The number of carbonyl (C=O) groups excluding carboxylic acids is 1. The molecule has 0 saturated carbocycles. The number of carbonyl (C=O) groups is 1. The molecule has 46 valence electrons. The summed E-state index contributed by atoms with van der Waals surface area (Å²) in [4.78, 5) is 9.71. The number of halogens is 1. The molecule has 1 N–H and O–H groups in total. The Hall–Kier alpha value is -0.850. The molecule has 2 amide bonds. The van der Waals surface area contributed by atoms with Gasteiger partial charge in [0, 0.05) is 0 Å². The molecule has 5 nitrogen and oxygen atoms in total. The number of nitrogens with zero attached hydrogens (tertiary/aromatic N) is 1. The van der Waals surface area contributed by atoms with Crippen LogP contribution < -0.4 is 4.72 Å². The predicted molar refractivity (Wildman–Crippen MR) is 20.4 cm³/mol. The van der Waals surface area contributed by atoms with Crippen LogP contribution in [0, 0.1) is 0 Å². The van der Waals surface area contributed by atoms with Crippen LogP contribution in [0.1, 0.15) is 0 Å². The third-order valence-corrected chi connectivity index (χ3v) is 1.61. The molecule has 0 aromatic carbocycles. The van der Waals surface area contributed by atoms with E-state index in [0.29, 0.717) is 0 Å². The van der Waals surface area contributed by atoms with E-state index in [1.54, 1.807) is 0 Å². The summed E-state index contributed by atoms with van der Waals surface area (Å²) < 4.78 is 31.7. The molecule has 1 heterocycles. The monoisotopic (exact) mass is 140 g/mol. The van der Waals surface area contributed by atoms with Crippen LogP contribution in [0.25, 0.3) is 0 Å². The van der Waals surface area contributed by atoms with E-state index in [1.165, 1.54) is 4.72 Å². The summed E-state index contributed by atoms with van der Waals surface area (Å²) in [5, 5.41) is 0. The van der Waals surface area contributed by atoms with Gasteiger partial charge in [0.15, 0.2) is 0 Å². The van der Waals surface area contributed by atoms with Crippen molar-refractivity contribution in [2.75, 3.05) is 0 Å². The number of urea groups is 1. The number of nitrogens with one attached hydrogen (secondary N) is 1. The van der Waals surface area contributed by atoms with Gasteiger partial charge >= 0.3 is 16.2 Å². The van der Waals surface area contributed by atoms with Crippen LogP contribution in [0.15, 0.2) is 0 Å². The molecule has 1 fully saturated rings. The van der Waals surface area contributed by atoms with Gasteiger partial charge in [0.1, 0.15) is 0 Å². The van der Waals surface area contributed by atoms with Crippen molar-refractivity contribution in [1.29, 1.82) is 0 Å². The maximum Gasteiger partial charge on any atom is 0.376 e. The smallest absolute Gasteiger partial charge is 0.244 e. The molecule has 7 heteroatoms. The maximum atomic E-state index is 11.5. The number of hydrogen-bond donors (Lipinski definition) is 1. The minimum absolute atomic E-state index is 0.868. The number of hydrogen-bond acceptors (Lipinski definition) is 3. The molecular formula is CHFN2O3S. The standard InChI is InChI=1S/CHFN2O3S/c2-4-1(5)3-8(4,6)7/h(H,3,5). The SMILES string of the molecule is O=C1NS(=O)(=O)N1F. The fourth-order valence-corrected chi connectivity index (χ4v) is 0.769. The molecule has 0 atom stereocenters. The lowest BCUT2D eigenvalue weighted by Gasteiger charge is -2.20. The fourth-order valence-electron chi connectivity index (χ4n) is 0.256. The first-order chi connectivity index (χ1) is 3.54. The Morgan fingerprint density at radius 2 is 2.12 bits per heavy atom. The van der Waals surface area contributed by atoms with Crippen LogP contribution in [-0.2, 0) is 10.2 Å². The summed E-state index contributed by atoms with van der Waals surface area (Å²) in [5.74, 6) is 0. The Bertz CT molecular complexity index is 219. The molecule has 0 aromatic heterocycles. The van der Waals surface area contributed by atoms with Crippen molar-refractivity contribution < 1.29 is 17.7 Å². The molecule has 1 aliphatic rings. The van der Waals surface area contributed by atoms with Crippen LogP contribution in [0.3, 0.4) is 0 Å². The summed E-state index contributed by atoms with van der Waals surface area (Å²) in [6, 6.07) is -1.25. The molecule has 1 rings (SSSR count). The Kier molecular flexibility index (Phi) is 0.731. The second kappa shape index (κ2) is 1.10. The van der Waals surface area contributed by atoms with E-state index in [0.717, 1.165) is 0 Å². The summed E-state index contributed by atoms with van der Waals surface area (Å²) in [7, 11) is -4.04. The lowest BCUT2D eigenvalue weighted by molar-refractivity contribution is 0.130. The largest absolute Gasteiger partial charge is 0.376 e. The molecule has 0 bridgehead atoms. The summed E-state index contributed by atoms with van der Waals surface area (Å²) in [6.45, 7) is 0. The Morgan fingerprint density at radius 3 is 2.12 bits per heavy atom. The zero-order valence-corrected chi connectivity index (χ0v) is 4.27. The van der Waals surface area contributed by atoms with Gasteiger partial charge in [-0.05, 0) is 4.53 Å². The van der Waals surface area contributed by atoms with Gasteiger partial charge in [-0.2, -0.15) is 8.42 Å². The molecular weight excluding hydrogens is 139 g/mol. The van der Waals surface area contributed by atoms with Crippen LogP contribution in [-0.4, -0.2) is 19.0 Å². The quantitative estimate of drug-likeness (QED) is 0.445. The third kappa shape index (κ3) is 0.443. The van der Waals surface area contributed by atoms with Crippen molar-refractivity contribution in [1.82, 2.24) is 9.25 Å². The zero-order chi connectivity index (χ0) is 6.36. The van der Waals surface area contributed by atoms with Gasteiger partial charge in [-0.15, -0.1) is 0 Å². The van der Waals surface area contributed by atoms with E-state index in [-0.39, 0.29) is 0 Å². The second-order valence-electron chi connectivity index (χ2n) is 1.13. The molecule has 1 aliphatic heterocycles. The van der Waals surface area contributed by atoms with E-state index < -0.39 is 20.8 Å². The van der Waals surface area contributed by atoms with Crippen molar-refractivity contribution >= 4 is 16.2 Å². The first-order valence-corrected chi connectivity index (χ1v) is 3.01. The highest BCUT2D eigenvalue weighted by molar-refractivity contribution is 7.90. The summed E-state index contributed by atoms with van der Waals surface area (Å²) >= 11 is 0. The number of amides is 2. The van der Waals surface area contributed by atoms with Gasteiger partial charge in [-0.3, -0.25) is 0 Å². The average Bonchev–Trinajstić information content (AvgIpc) is 1.65. The maximum absolute atomic E-state index is 11.5. The molecule has 0 spiro atoms. The van der Waals surface area contributed by atoms with Crippen LogP contribution in [0.2, 0.25) is 0 Å². The Balaban J connectivity index is 2.91. The topological polar surface area (TPSA) is 66.5 Å². The van der Waals surface area contributed by atoms with Crippen molar-refractivity contribution in [3.8, 4) is 0 Å². The average molecular weight is 140 g/mol. The normalized spacial score (nSPS) is 24.1. The van der Waals surface area contributed by atoms with Gasteiger partial charge in [0.25, 0.3) is 0 Å². The van der Waals surface area contributed by atoms with Crippen LogP contribution in [0.4, 0.5) is 9.28 Å². The molecule has 0 aliphatic carbocycles. The van der Waals surface area contributed by atoms with Gasteiger partial charge in [0.2, 0.25) is 0 Å². The van der Waals surface area contributed by atoms with E-state index >= 15 is 0 Å². The van der Waals surface area contributed by atoms with E-state index in [4.69, 9.17) is 0 Å². The van der Waals surface area contributed by atoms with Gasteiger partial charge in [0.05, 0.1) is 0 Å². The lowest BCUT2D eigenvalue weighted by Crippen LogP contribution is -2.57. The fraction of sp³-hybridized carbons (Fsp3) is 0. The molecule has 0 unspecified atom stereocenters. The molecule has 0 radical (unpaired) electrons. The number of rotatable bonds is 0. The minimum Gasteiger partial charge on any atom is -0.244 e. The third-order valence-electron chi connectivity index (χ3n) is 0.587. The molecule has 8 heavy (non-hydrogen) atoms. The van der Waals surface area contributed by atoms with Crippen molar-refractivity contribution in [3.63, 3.8) is 0 Å². The van der Waals surface area contributed by atoms with Crippen molar-refractivity contribution in [3.05, 3.63) is 0 Å². The predicted octanol–water partition coefficient (Wildman–Crippen LogP) is -0.859. The highest BCUT2D eigenvalue weighted by Gasteiger charge is 2.41. The highest BCUT2D eigenvalue weighted by Crippen LogP contribution is 2.08. The van der Waals surface area contributed by atoms with Crippen molar-refractivity contribution in [2.24, 2.45) is 0 Å². The van der Waals surface area contributed by atoms with Gasteiger partial charge < -0.3 is 0 Å². The van der Waals surface area contributed by atoms with Crippen LogP contribution >= 0.6 is 0 Å². The van der Waals surface area contributed by atoms with E-state index in [9.17, 15) is 17.7 Å². The van der Waals surface area contributed by atoms with Gasteiger partial charge in [-0.1, -0.05) is 4.48 Å². The molecule has 1 saturated heterocycles. The second-order valence-corrected chi connectivity index (χ2v) is 2.60. The van der Waals surface area contributed by atoms with Gasteiger partial charge in [-0.25, -0.2) is 9.52 Å². The summed E-state index contributed by atoms with van der Waals surface area (Å²) in [5.41, 5.74) is 0. The first kappa shape index (κ1) is 5.29. The first-order valence-electron chi connectivity index (χ1n) is 1.57. The van der Waals surface area contributed by atoms with E-state index in [2.05, 4.69) is 0 Å². The minimum atomic E-state index is -4.04.